The van der Waals surface area contributed by atoms with Crippen LogP contribution < -0.4 is 10.9 Å². The fraction of sp³-hybridized carbons (Fsp3) is 0.200. The Hall–Kier alpha value is -3.48. The molecular weight excluding hydrogens is 342 g/mol. The number of pyridine rings is 2. The number of nitrogens with one attached hydrogen (secondary N) is 1. The van der Waals surface area contributed by atoms with Gasteiger partial charge in [0.15, 0.2) is 11.5 Å². The van der Waals surface area contributed by atoms with Crippen LogP contribution in [0.2, 0.25) is 0 Å². The predicted octanol–water partition coefficient (Wildman–Crippen LogP) is 2.56. The molecule has 1 amide bonds. The molecule has 1 N–H and O–H groups in total. The molecule has 1 aromatic carbocycles. The molecule has 3 aromatic heterocycles. The third kappa shape index (κ3) is 2.97. The van der Waals surface area contributed by atoms with Crippen molar-refractivity contribution < 1.29 is 4.79 Å². The van der Waals surface area contributed by atoms with Crippen LogP contribution in [0.1, 0.15) is 36.1 Å². The minimum Gasteiger partial charge on any atom is -0.345 e. The van der Waals surface area contributed by atoms with E-state index in [-0.39, 0.29) is 24.1 Å². The molecule has 0 saturated carbocycles. The molecule has 0 unspecified atom stereocenters. The van der Waals surface area contributed by atoms with Gasteiger partial charge in [0.1, 0.15) is 0 Å². The summed E-state index contributed by atoms with van der Waals surface area (Å²) in [6, 6.07) is 12.7. The molecule has 0 fully saturated rings. The van der Waals surface area contributed by atoms with Crippen LogP contribution >= 0.6 is 0 Å². The molecule has 7 nitrogen and oxygen atoms in total. The van der Waals surface area contributed by atoms with Gasteiger partial charge in [0.2, 0.25) is 0 Å². The molecule has 0 aliphatic heterocycles. The van der Waals surface area contributed by atoms with E-state index in [0.29, 0.717) is 22.2 Å². The SMILES string of the molecule is CC(C)n1cc(C(=O)NCc2nnc3ccccn23)c2ccccc2c1=O. The minimum absolute atomic E-state index is 0.0471. The minimum atomic E-state index is -0.256. The number of rotatable bonds is 4. The summed E-state index contributed by atoms with van der Waals surface area (Å²) in [4.78, 5) is 25.5. The Bertz CT molecular complexity index is 1210. The van der Waals surface area contributed by atoms with Crippen molar-refractivity contribution in [2.75, 3.05) is 0 Å². The molecule has 0 atom stereocenters. The van der Waals surface area contributed by atoms with Crippen molar-refractivity contribution in [3.05, 3.63) is 76.6 Å². The Balaban J connectivity index is 1.70. The highest BCUT2D eigenvalue weighted by molar-refractivity contribution is 6.06. The molecule has 0 saturated heterocycles. The van der Waals surface area contributed by atoms with Gasteiger partial charge in [-0.15, -0.1) is 10.2 Å². The zero-order valence-electron chi connectivity index (χ0n) is 15.1. The van der Waals surface area contributed by atoms with E-state index in [1.165, 1.54) is 0 Å². The lowest BCUT2D eigenvalue weighted by Gasteiger charge is -2.14. The summed E-state index contributed by atoms with van der Waals surface area (Å²) in [6.45, 7) is 4.07. The summed E-state index contributed by atoms with van der Waals surface area (Å²) in [5.74, 6) is 0.383. The maximum atomic E-state index is 12.9. The van der Waals surface area contributed by atoms with Crippen molar-refractivity contribution in [2.45, 2.75) is 26.4 Å². The second kappa shape index (κ2) is 6.68. The molecule has 0 aliphatic carbocycles. The Morgan fingerprint density at radius 2 is 1.81 bits per heavy atom. The first-order valence-electron chi connectivity index (χ1n) is 8.77. The van der Waals surface area contributed by atoms with Gasteiger partial charge >= 0.3 is 0 Å². The molecule has 27 heavy (non-hydrogen) atoms. The molecular formula is C20H19N5O2. The van der Waals surface area contributed by atoms with Gasteiger partial charge in [0.05, 0.1) is 12.1 Å². The lowest BCUT2D eigenvalue weighted by Crippen LogP contribution is -2.28. The third-order valence-electron chi connectivity index (χ3n) is 4.54. The Morgan fingerprint density at radius 3 is 2.59 bits per heavy atom. The van der Waals surface area contributed by atoms with E-state index >= 15 is 0 Å². The van der Waals surface area contributed by atoms with Crippen molar-refractivity contribution in [3.8, 4) is 0 Å². The van der Waals surface area contributed by atoms with Crippen LogP contribution in [0.4, 0.5) is 0 Å². The van der Waals surface area contributed by atoms with Gasteiger partial charge in [-0.2, -0.15) is 0 Å². The van der Waals surface area contributed by atoms with Crippen molar-refractivity contribution in [3.63, 3.8) is 0 Å². The van der Waals surface area contributed by atoms with Crippen LogP contribution in [0.15, 0.2) is 59.7 Å². The first-order chi connectivity index (χ1) is 13.1. The summed E-state index contributed by atoms with van der Waals surface area (Å²) >= 11 is 0. The molecule has 3 heterocycles. The smallest absolute Gasteiger partial charge is 0.258 e. The van der Waals surface area contributed by atoms with Crippen LogP contribution in [0.3, 0.4) is 0 Å². The Labute approximate surface area is 155 Å². The average Bonchev–Trinajstić information content (AvgIpc) is 3.09. The monoisotopic (exact) mass is 361 g/mol. The first-order valence-corrected chi connectivity index (χ1v) is 8.77. The summed E-state index contributed by atoms with van der Waals surface area (Å²) in [5.41, 5.74) is 1.09. The number of hydrogen-bond donors (Lipinski definition) is 1. The number of fused-ring (bicyclic) bond motifs is 2. The molecule has 4 aromatic rings. The third-order valence-corrected chi connectivity index (χ3v) is 4.54. The number of carbonyl (C=O) groups excluding carboxylic acids is 1. The highest BCUT2D eigenvalue weighted by Crippen LogP contribution is 2.17. The normalized spacial score (nSPS) is 11.4. The topological polar surface area (TPSA) is 81.3 Å². The zero-order valence-corrected chi connectivity index (χ0v) is 15.1. The van der Waals surface area contributed by atoms with E-state index in [4.69, 9.17) is 0 Å². The molecule has 4 rings (SSSR count). The summed E-state index contributed by atoms with van der Waals surface area (Å²) < 4.78 is 3.41. The van der Waals surface area contributed by atoms with Gasteiger partial charge < -0.3 is 9.88 Å². The largest absolute Gasteiger partial charge is 0.345 e. The number of nitrogens with zero attached hydrogens (tertiary/aromatic N) is 4. The number of amides is 1. The van der Waals surface area contributed by atoms with Crippen LogP contribution in [0, 0.1) is 0 Å². The highest BCUT2D eigenvalue weighted by Gasteiger charge is 2.16. The van der Waals surface area contributed by atoms with Crippen LogP contribution in [-0.2, 0) is 6.54 Å². The molecule has 0 aliphatic rings. The first kappa shape index (κ1) is 17.0. The van der Waals surface area contributed by atoms with E-state index in [1.807, 2.05) is 48.7 Å². The summed E-state index contributed by atoms with van der Waals surface area (Å²) in [6.07, 6.45) is 3.48. The lowest BCUT2D eigenvalue weighted by atomic mass is 10.1. The van der Waals surface area contributed by atoms with Gasteiger partial charge in [-0.05, 0) is 32.0 Å². The van der Waals surface area contributed by atoms with Gasteiger partial charge in [-0.3, -0.25) is 14.0 Å². The standard InChI is InChI=1S/C20H19N5O2/c1-13(2)25-12-16(14-7-3-4-8-15(14)20(25)27)19(26)21-11-18-23-22-17-9-5-6-10-24(17)18/h3-10,12-13H,11H2,1-2H3,(H,21,26). The van der Waals surface area contributed by atoms with E-state index in [1.54, 1.807) is 29.0 Å². The molecule has 7 heteroatoms. The van der Waals surface area contributed by atoms with Crippen molar-refractivity contribution >= 4 is 22.3 Å². The second-order valence-electron chi connectivity index (χ2n) is 6.62. The fourth-order valence-electron chi connectivity index (χ4n) is 3.14. The fourth-order valence-corrected chi connectivity index (χ4v) is 3.14. The van der Waals surface area contributed by atoms with Crippen LogP contribution in [0.5, 0.6) is 0 Å². The molecule has 0 spiro atoms. The average molecular weight is 361 g/mol. The van der Waals surface area contributed by atoms with E-state index < -0.39 is 0 Å². The molecule has 0 bridgehead atoms. The summed E-state index contributed by atoms with van der Waals surface area (Å²) in [7, 11) is 0. The second-order valence-corrected chi connectivity index (χ2v) is 6.62. The van der Waals surface area contributed by atoms with Crippen molar-refractivity contribution in [1.29, 1.82) is 0 Å². The van der Waals surface area contributed by atoms with Crippen LogP contribution in [-0.4, -0.2) is 25.1 Å². The van der Waals surface area contributed by atoms with E-state index in [0.717, 1.165) is 5.65 Å². The maximum Gasteiger partial charge on any atom is 0.258 e. The van der Waals surface area contributed by atoms with Crippen molar-refractivity contribution in [2.24, 2.45) is 0 Å². The summed E-state index contributed by atoms with van der Waals surface area (Å²) in [5, 5.41) is 12.3. The number of aromatic nitrogens is 4. The zero-order chi connectivity index (χ0) is 19.0. The van der Waals surface area contributed by atoms with Gasteiger partial charge in [0, 0.05) is 29.2 Å². The lowest BCUT2D eigenvalue weighted by molar-refractivity contribution is 0.0950. The van der Waals surface area contributed by atoms with E-state index in [9.17, 15) is 9.59 Å². The number of carbonyl (C=O) groups is 1. The number of hydrogen-bond acceptors (Lipinski definition) is 4. The highest BCUT2D eigenvalue weighted by atomic mass is 16.2. The quantitative estimate of drug-likeness (QED) is 0.606. The predicted molar refractivity (Wildman–Crippen MR) is 103 cm³/mol. The Morgan fingerprint density at radius 1 is 1.07 bits per heavy atom. The van der Waals surface area contributed by atoms with E-state index in [2.05, 4.69) is 15.5 Å². The van der Waals surface area contributed by atoms with Crippen molar-refractivity contribution in [1.82, 2.24) is 24.5 Å². The van der Waals surface area contributed by atoms with Crippen LogP contribution in [0.25, 0.3) is 16.4 Å². The van der Waals surface area contributed by atoms with Gasteiger partial charge in [-0.25, -0.2) is 0 Å². The van der Waals surface area contributed by atoms with Gasteiger partial charge in [0.25, 0.3) is 11.5 Å². The Kier molecular flexibility index (Phi) is 4.19. The molecule has 0 radical (unpaired) electrons. The molecule has 136 valence electrons. The number of benzene rings is 1. The van der Waals surface area contributed by atoms with Gasteiger partial charge in [-0.1, -0.05) is 24.3 Å². The maximum absolute atomic E-state index is 12.9.